The SMILES string of the molecule is COCc1c[nH]c2nc(N)[nH]c(=O)c12. The van der Waals surface area contributed by atoms with Crippen LogP contribution in [-0.4, -0.2) is 22.1 Å². The van der Waals surface area contributed by atoms with Crippen molar-refractivity contribution < 1.29 is 4.74 Å². The first-order valence-electron chi connectivity index (χ1n) is 4.07. The third-order valence-corrected chi connectivity index (χ3v) is 1.94. The van der Waals surface area contributed by atoms with Crippen LogP contribution in [0.1, 0.15) is 5.56 Å². The number of methoxy groups -OCH3 is 1. The highest BCUT2D eigenvalue weighted by Crippen LogP contribution is 2.12. The van der Waals surface area contributed by atoms with E-state index < -0.39 is 0 Å². The predicted molar refractivity (Wildman–Crippen MR) is 51.8 cm³/mol. The standard InChI is InChI=1S/C8H10N4O2/c1-14-3-4-2-10-6-5(4)7(13)12-8(9)11-6/h2H,3H2,1H3,(H4,9,10,11,12,13). The second kappa shape index (κ2) is 3.15. The van der Waals surface area contributed by atoms with Crippen LogP contribution in [-0.2, 0) is 11.3 Å². The smallest absolute Gasteiger partial charge is 0.262 e. The Morgan fingerprint density at radius 1 is 1.64 bits per heavy atom. The van der Waals surface area contributed by atoms with E-state index in [4.69, 9.17) is 10.5 Å². The van der Waals surface area contributed by atoms with E-state index in [2.05, 4.69) is 15.0 Å². The highest BCUT2D eigenvalue weighted by Gasteiger charge is 2.08. The molecule has 0 saturated heterocycles. The molecule has 0 spiro atoms. The minimum atomic E-state index is -0.249. The summed E-state index contributed by atoms with van der Waals surface area (Å²) in [4.78, 5) is 20.8. The Morgan fingerprint density at radius 3 is 3.14 bits per heavy atom. The fraction of sp³-hybridized carbons (Fsp3) is 0.250. The lowest BCUT2D eigenvalue weighted by molar-refractivity contribution is 0.186. The molecule has 0 bridgehead atoms. The molecule has 0 aliphatic carbocycles. The van der Waals surface area contributed by atoms with Gasteiger partial charge in [0.1, 0.15) is 5.65 Å². The Hall–Kier alpha value is -1.82. The van der Waals surface area contributed by atoms with E-state index in [1.807, 2.05) is 0 Å². The molecule has 0 radical (unpaired) electrons. The molecule has 4 N–H and O–H groups in total. The summed E-state index contributed by atoms with van der Waals surface area (Å²) in [7, 11) is 1.57. The van der Waals surface area contributed by atoms with E-state index in [0.717, 1.165) is 5.56 Å². The predicted octanol–water partition coefficient (Wildman–Crippen LogP) is -0.0202. The number of nitrogens with one attached hydrogen (secondary N) is 2. The number of anilines is 1. The van der Waals surface area contributed by atoms with Gasteiger partial charge in [-0.3, -0.25) is 9.78 Å². The van der Waals surface area contributed by atoms with Crippen molar-refractivity contribution in [1.29, 1.82) is 0 Å². The van der Waals surface area contributed by atoms with Crippen LogP contribution in [0.15, 0.2) is 11.0 Å². The van der Waals surface area contributed by atoms with Crippen LogP contribution >= 0.6 is 0 Å². The third-order valence-electron chi connectivity index (χ3n) is 1.94. The van der Waals surface area contributed by atoms with Gasteiger partial charge in [-0.2, -0.15) is 4.98 Å². The van der Waals surface area contributed by atoms with Gasteiger partial charge < -0.3 is 15.5 Å². The van der Waals surface area contributed by atoms with Crippen molar-refractivity contribution in [2.75, 3.05) is 12.8 Å². The topological polar surface area (TPSA) is 96.8 Å². The summed E-state index contributed by atoms with van der Waals surface area (Å²) in [6.07, 6.45) is 1.69. The third kappa shape index (κ3) is 1.25. The summed E-state index contributed by atoms with van der Waals surface area (Å²) >= 11 is 0. The van der Waals surface area contributed by atoms with E-state index in [-0.39, 0.29) is 11.5 Å². The van der Waals surface area contributed by atoms with E-state index in [0.29, 0.717) is 17.6 Å². The molecule has 2 aromatic rings. The Morgan fingerprint density at radius 2 is 2.43 bits per heavy atom. The summed E-state index contributed by atoms with van der Waals surface area (Å²) in [5.41, 5.74) is 6.40. The lowest BCUT2D eigenvalue weighted by atomic mass is 10.2. The first-order chi connectivity index (χ1) is 6.72. The maximum absolute atomic E-state index is 11.5. The van der Waals surface area contributed by atoms with Crippen LogP contribution in [0, 0.1) is 0 Å². The molecule has 0 amide bonds. The van der Waals surface area contributed by atoms with Crippen molar-refractivity contribution in [3.05, 3.63) is 22.1 Å². The fourth-order valence-electron chi connectivity index (χ4n) is 1.39. The number of H-pyrrole nitrogens is 2. The Kier molecular flexibility index (Phi) is 1.97. The number of hydrogen-bond acceptors (Lipinski definition) is 4. The fourth-order valence-corrected chi connectivity index (χ4v) is 1.39. The van der Waals surface area contributed by atoms with Crippen LogP contribution in [0.5, 0.6) is 0 Å². The summed E-state index contributed by atoms with van der Waals surface area (Å²) in [6.45, 7) is 0.370. The molecule has 0 unspecified atom stereocenters. The average Bonchev–Trinajstić information content (AvgIpc) is 2.49. The van der Waals surface area contributed by atoms with E-state index in [1.54, 1.807) is 13.3 Å². The van der Waals surface area contributed by atoms with E-state index in [9.17, 15) is 4.79 Å². The normalized spacial score (nSPS) is 10.9. The number of aromatic amines is 2. The summed E-state index contributed by atoms with van der Waals surface area (Å²) in [5, 5.41) is 0.501. The zero-order valence-electron chi connectivity index (χ0n) is 7.63. The van der Waals surface area contributed by atoms with Crippen LogP contribution in [0.3, 0.4) is 0 Å². The molecule has 2 rings (SSSR count). The van der Waals surface area contributed by atoms with Crippen LogP contribution < -0.4 is 11.3 Å². The number of fused-ring (bicyclic) bond motifs is 1. The van der Waals surface area contributed by atoms with Gasteiger partial charge in [-0.1, -0.05) is 0 Å². The molecule has 0 atom stereocenters. The van der Waals surface area contributed by atoms with Crippen molar-refractivity contribution in [2.45, 2.75) is 6.61 Å². The largest absolute Gasteiger partial charge is 0.380 e. The second-order valence-electron chi connectivity index (χ2n) is 2.92. The Labute approximate surface area is 79.1 Å². The zero-order chi connectivity index (χ0) is 10.1. The zero-order valence-corrected chi connectivity index (χ0v) is 7.63. The first-order valence-corrected chi connectivity index (χ1v) is 4.07. The molecule has 2 aromatic heterocycles. The van der Waals surface area contributed by atoms with Crippen LogP contribution in [0.4, 0.5) is 5.95 Å². The van der Waals surface area contributed by atoms with Gasteiger partial charge in [0.25, 0.3) is 5.56 Å². The molecular weight excluding hydrogens is 184 g/mol. The quantitative estimate of drug-likeness (QED) is 0.625. The van der Waals surface area contributed by atoms with Crippen molar-refractivity contribution >= 4 is 17.0 Å². The molecular formula is C8H10N4O2. The van der Waals surface area contributed by atoms with Gasteiger partial charge in [0.2, 0.25) is 5.95 Å². The molecule has 0 aliphatic rings. The van der Waals surface area contributed by atoms with Crippen molar-refractivity contribution in [1.82, 2.24) is 15.0 Å². The molecule has 0 aromatic carbocycles. The van der Waals surface area contributed by atoms with Gasteiger partial charge in [0.15, 0.2) is 0 Å². The van der Waals surface area contributed by atoms with Crippen molar-refractivity contribution in [3.8, 4) is 0 Å². The lowest BCUT2D eigenvalue weighted by Gasteiger charge is -1.96. The van der Waals surface area contributed by atoms with Crippen LogP contribution in [0.2, 0.25) is 0 Å². The molecule has 74 valence electrons. The lowest BCUT2D eigenvalue weighted by Crippen LogP contribution is -2.11. The summed E-state index contributed by atoms with van der Waals surface area (Å²) in [5.74, 6) is 0.105. The molecule has 2 heterocycles. The van der Waals surface area contributed by atoms with Gasteiger partial charge in [-0.15, -0.1) is 0 Å². The molecule has 14 heavy (non-hydrogen) atoms. The van der Waals surface area contributed by atoms with Gasteiger partial charge in [-0.05, 0) is 0 Å². The number of nitrogens with zero attached hydrogens (tertiary/aromatic N) is 1. The second-order valence-corrected chi connectivity index (χ2v) is 2.92. The molecule has 0 saturated carbocycles. The number of nitrogens with two attached hydrogens (primary N) is 1. The van der Waals surface area contributed by atoms with E-state index in [1.165, 1.54) is 0 Å². The van der Waals surface area contributed by atoms with Crippen LogP contribution in [0.25, 0.3) is 11.0 Å². The number of hydrogen-bond donors (Lipinski definition) is 3. The number of rotatable bonds is 2. The average molecular weight is 194 g/mol. The van der Waals surface area contributed by atoms with Crippen molar-refractivity contribution in [3.63, 3.8) is 0 Å². The van der Waals surface area contributed by atoms with Gasteiger partial charge in [-0.25, -0.2) is 0 Å². The Bertz CT molecular complexity index is 514. The summed E-state index contributed by atoms with van der Waals surface area (Å²) in [6, 6.07) is 0. The van der Waals surface area contributed by atoms with Gasteiger partial charge in [0, 0.05) is 18.9 Å². The first kappa shape index (κ1) is 8.76. The molecule has 6 nitrogen and oxygen atoms in total. The number of aromatic nitrogens is 3. The minimum Gasteiger partial charge on any atom is -0.380 e. The highest BCUT2D eigenvalue weighted by molar-refractivity contribution is 5.79. The van der Waals surface area contributed by atoms with E-state index >= 15 is 0 Å². The maximum Gasteiger partial charge on any atom is 0.262 e. The molecule has 0 fully saturated rings. The highest BCUT2D eigenvalue weighted by atomic mass is 16.5. The Balaban J connectivity index is 2.73. The number of nitrogen functional groups attached to an aromatic ring is 1. The van der Waals surface area contributed by atoms with Gasteiger partial charge >= 0.3 is 0 Å². The maximum atomic E-state index is 11.5. The minimum absolute atomic E-state index is 0.105. The number of ether oxygens (including phenoxy) is 1. The molecule has 6 heteroatoms. The van der Waals surface area contributed by atoms with Crippen molar-refractivity contribution in [2.24, 2.45) is 0 Å². The monoisotopic (exact) mass is 194 g/mol. The van der Waals surface area contributed by atoms with Gasteiger partial charge in [0.05, 0.1) is 12.0 Å². The molecule has 0 aliphatic heterocycles. The summed E-state index contributed by atoms with van der Waals surface area (Å²) < 4.78 is 4.95.